The third kappa shape index (κ3) is 3.30. The Bertz CT molecular complexity index is 1810. The highest BCUT2D eigenvalue weighted by atomic mass is 35.5. The summed E-state index contributed by atoms with van der Waals surface area (Å²) >= 11 is 12.8. The van der Waals surface area contributed by atoms with E-state index in [2.05, 4.69) is 34.2 Å². The average molecular weight is 503 g/mol. The summed E-state index contributed by atoms with van der Waals surface area (Å²) in [6.45, 7) is 0. The average Bonchev–Trinajstić information content (AvgIpc) is 2.91. The Hall–Kier alpha value is -4.12. The Kier molecular flexibility index (Phi) is 4.84. The molecule has 4 nitrogen and oxygen atoms in total. The summed E-state index contributed by atoms with van der Waals surface area (Å²) in [7, 11) is 0. The maximum Gasteiger partial charge on any atom is 0.0979 e. The first kappa shape index (κ1) is 21.2. The number of fused-ring (bicyclic) bond motifs is 5. The number of benzene rings is 3. The molecule has 0 aliphatic heterocycles. The molecule has 170 valence electrons. The van der Waals surface area contributed by atoms with E-state index in [4.69, 9.17) is 33.2 Å². The fraction of sp³-hybridized carbons (Fsp3) is 0. The molecular weight excluding hydrogens is 487 g/mol. The van der Waals surface area contributed by atoms with Gasteiger partial charge in [-0.25, -0.2) is 9.97 Å². The van der Waals surface area contributed by atoms with E-state index in [1.807, 2.05) is 60.9 Å². The summed E-state index contributed by atoms with van der Waals surface area (Å²) in [5.74, 6) is 0. The van der Waals surface area contributed by atoms with E-state index >= 15 is 0 Å². The number of nitrogens with zero attached hydrogens (tertiary/aromatic N) is 4. The van der Waals surface area contributed by atoms with Crippen molar-refractivity contribution in [1.82, 2.24) is 19.9 Å². The topological polar surface area (TPSA) is 51.6 Å². The lowest BCUT2D eigenvalue weighted by Crippen LogP contribution is -1.95. The fourth-order valence-electron chi connectivity index (χ4n) is 5.00. The van der Waals surface area contributed by atoms with E-state index in [1.165, 1.54) is 0 Å². The first-order valence-corrected chi connectivity index (χ1v) is 12.2. The molecule has 0 aliphatic carbocycles. The minimum atomic E-state index is 0.632. The molecule has 4 aromatic heterocycles. The first-order valence-electron chi connectivity index (χ1n) is 11.4. The number of rotatable bonds is 2. The van der Waals surface area contributed by atoms with Gasteiger partial charge in [0, 0.05) is 78.6 Å². The molecule has 7 aromatic rings. The van der Waals surface area contributed by atoms with Crippen molar-refractivity contribution in [3.63, 3.8) is 0 Å². The maximum atomic E-state index is 6.40. The second-order valence-electron chi connectivity index (χ2n) is 8.64. The van der Waals surface area contributed by atoms with Crippen LogP contribution in [0.1, 0.15) is 0 Å². The third-order valence-electron chi connectivity index (χ3n) is 6.51. The maximum absolute atomic E-state index is 6.40. The highest BCUT2D eigenvalue weighted by Crippen LogP contribution is 2.41. The Balaban J connectivity index is 1.71. The summed E-state index contributed by atoms with van der Waals surface area (Å²) < 4.78 is 0. The Morgan fingerprint density at radius 3 is 1.36 bits per heavy atom. The summed E-state index contributed by atoms with van der Waals surface area (Å²) in [4.78, 5) is 19.0. The second kappa shape index (κ2) is 8.23. The molecule has 3 aromatic carbocycles. The van der Waals surface area contributed by atoms with E-state index in [-0.39, 0.29) is 0 Å². The van der Waals surface area contributed by atoms with Crippen LogP contribution in [0.3, 0.4) is 0 Å². The van der Waals surface area contributed by atoms with Gasteiger partial charge in [0.15, 0.2) is 0 Å². The van der Waals surface area contributed by atoms with Crippen LogP contribution in [-0.2, 0) is 0 Å². The van der Waals surface area contributed by atoms with Gasteiger partial charge in [-0.1, -0.05) is 59.6 Å². The van der Waals surface area contributed by atoms with Crippen LogP contribution in [0.15, 0.2) is 97.6 Å². The number of pyridine rings is 4. The molecule has 0 amide bonds. The number of aromatic nitrogens is 4. The molecule has 0 aliphatic rings. The standard InChI is InChI=1S/C30H16Cl2N4/c31-19-5-7-21-25(13-19)35-29-23(27(21)17-3-1-11-33-15-17)9-10-24-28(18-4-2-12-34-16-18)22-8-6-20(32)14-26(22)36-30(24)29/h1-16H. The van der Waals surface area contributed by atoms with Crippen molar-refractivity contribution >= 4 is 66.8 Å². The van der Waals surface area contributed by atoms with Crippen molar-refractivity contribution in [3.05, 3.63) is 108 Å². The quantitative estimate of drug-likeness (QED) is 0.175. The van der Waals surface area contributed by atoms with Gasteiger partial charge in [-0.05, 0) is 36.4 Å². The van der Waals surface area contributed by atoms with Crippen molar-refractivity contribution in [3.8, 4) is 22.3 Å². The predicted molar refractivity (Wildman–Crippen MR) is 149 cm³/mol. The zero-order valence-electron chi connectivity index (χ0n) is 18.8. The lowest BCUT2D eigenvalue weighted by atomic mass is 9.93. The zero-order valence-corrected chi connectivity index (χ0v) is 20.3. The minimum Gasteiger partial charge on any atom is -0.264 e. The number of halogens is 2. The third-order valence-corrected chi connectivity index (χ3v) is 6.98. The van der Waals surface area contributed by atoms with E-state index in [9.17, 15) is 0 Å². The van der Waals surface area contributed by atoms with Crippen molar-refractivity contribution in [2.75, 3.05) is 0 Å². The van der Waals surface area contributed by atoms with Crippen LogP contribution < -0.4 is 0 Å². The van der Waals surface area contributed by atoms with Gasteiger partial charge in [0.25, 0.3) is 0 Å². The van der Waals surface area contributed by atoms with Gasteiger partial charge in [0.1, 0.15) is 0 Å². The molecule has 0 bridgehead atoms. The highest BCUT2D eigenvalue weighted by Gasteiger charge is 2.18. The highest BCUT2D eigenvalue weighted by molar-refractivity contribution is 6.32. The van der Waals surface area contributed by atoms with Gasteiger partial charge in [0.2, 0.25) is 0 Å². The first-order chi connectivity index (χ1) is 17.7. The van der Waals surface area contributed by atoms with Gasteiger partial charge >= 0.3 is 0 Å². The monoisotopic (exact) mass is 502 g/mol. The molecule has 0 N–H and O–H groups in total. The molecule has 4 heterocycles. The molecule has 0 unspecified atom stereocenters. The van der Waals surface area contributed by atoms with Gasteiger partial charge in [-0.2, -0.15) is 0 Å². The van der Waals surface area contributed by atoms with Crippen LogP contribution in [0, 0.1) is 0 Å². The number of hydrogen-bond acceptors (Lipinski definition) is 4. The van der Waals surface area contributed by atoms with Crippen LogP contribution in [-0.4, -0.2) is 19.9 Å². The fourth-order valence-corrected chi connectivity index (χ4v) is 5.33. The SMILES string of the molecule is Clc1ccc2c(-c3cccnc3)c3ccc4c(-c5cccnc5)c5ccc(Cl)cc5nc4c3nc2c1. The van der Waals surface area contributed by atoms with Crippen molar-refractivity contribution in [1.29, 1.82) is 0 Å². The van der Waals surface area contributed by atoms with Crippen LogP contribution >= 0.6 is 23.2 Å². The lowest BCUT2D eigenvalue weighted by molar-refractivity contribution is 1.33. The second-order valence-corrected chi connectivity index (χ2v) is 9.51. The van der Waals surface area contributed by atoms with Crippen LogP contribution in [0.25, 0.3) is 65.9 Å². The molecule has 0 fully saturated rings. The number of hydrogen-bond donors (Lipinski definition) is 0. The minimum absolute atomic E-state index is 0.632. The Morgan fingerprint density at radius 1 is 0.500 bits per heavy atom. The van der Waals surface area contributed by atoms with Crippen molar-refractivity contribution < 1.29 is 0 Å². The summed E-state index contributed by atoms with van der Waals surface area (Å²) in [6.07, 6.45) is 7.31. The van der Waals surface area contributed by atoms with Gasteiger partial charge < -0.3 is 0 Å². The molecule has 36 heavy (non-hydrogen) atoms. The Morgan fingerprint density at radius 2 is 0.944 bits per heavy atom. The summed E-state index contributed by atoms with van der Waals surface area (Å²) in [5.41, 5.74) is 7.33. The largest absolute Gasteiger partial charge is 0.264 e. The van der Waals surface area contributed by atoms with Crippen LogP contribution in [0.2, 0.25) is 10.0 Å². The molecule has 7 rings (SSSR count). The molecule has 0 saturated heterocycles. The lowest BCUT2D eigenvalue weighted by Gasteiger charge is -2.16. The zero-order chi connectivity index (χ0) is 24.2. The van der Waals surface area contributed by atoms with E-state index in [0.29, 0.717) is 10.0 Å². The van der Waals surface area contributed by atoms with Gasteiger partial charge in [0.05, 0.1) is 22.1 Å². The van der Waals surface area contributed by atoms with Crippen molar-refractivity contribution in [2.24, 2.45) is 0 Å². The molecule has 0 spiro atoms. The normalized spacial score (nSPS) is 11.6. The molecule has 0 radical (unpaired) electrons. The van der Waals surface area contributed by atoms with Crippen LogP contribution in [0.4, 0.5) is 0 Å². The summed E-state index contributed by atoms with van der Waals surface area (Å²) in [6, 6.07) is 23.9. The molecule has 6 heteroatoms. The predicted octanol–water partition coefficient (Wildman–Crippen LogP) is 8.52. The van der Waals surface area contributed by atoms with Crippen LogP contribution in [0.5, 0.6) is 0 Å². The van der Waals surface area contributed by atoms with Gasteiger partial charge in [-0.3, -0.25) is 9.97 Å². The van der Waals surface area contributed by atoms with Crippen molar-refractivity contribution in [2.45, 2.75) is 0 Å². The van der Waals surface area contributed by atoms with E-state index < -0.39 is 0 Å². The summed E-state index contributed by atoms with van der Waals surface area (Å²) in [5, 5.41) is 5.28. The Labute approximate surface area is 216 Å². The molecular formula is C30H16Cl2N4. The molecule has 0 saturated carbocycles. The molecule has 0 atom stereocenters. The van der Waals surface area contributed by atoms with E-state index in [0.717, 1.165) is 65.9 Å². The van der Waals surface area contributed by atoms with E-state index in [1.54, 1.807) is 12.4 Å². The van der Waals surface area contributed by atoms with Gasteiger partial charge in [-0.15, -0.1) is 0 Å². The smallest absolute Gasteiger partial charge is 0.0979 e.